The van der Waals surface area contributed by atoms with Crippen LogP contribution in [0.2, 0.25) is 0 Å². The molecule has 0 fully saturated rings. The average Bonchev–Trinajstić information content (AvgIpc) is 3.06. The number of hydrogen-bond acceptors (Lipinski definition) is 5. The van der Waals surface area contributed by atoms with E-state index in [-0.39, 0.29) is 5.57 Å². The third kappa shape index (κ3) is 4.72. The zero-order valence-corrected chi connectivity index (χ0v) is 16.0. The van der Waals surface area contributed by atoms with E-state index in [2.05, 4.69) is 10.3 Å². The number of anilines is 1. The number of benzene rings is 2. The Kier molecular flexibility index (Phi) is 5.84. The van der Waals surface area contributed by atoms with Crippen molar-refractivity contribution in [1.82, 2.24) is 4.98 Å². The Bertz CT molecular complexity index is 1030. The largest absolute Gasteiger partial charge is 0.494 e. The first-order valence-electron chi connectivity index (χ1n) is 8.62. The van der Waals surface area contributed by atoms with Crippen LogP contribution in [0.25, 0.3) is 16.3 Å². The predicted molar refractivity (Wildman–Crippen MR) is 109 cm³/mol. The molecule has 27 heavy (non-hydrogen) atoms. The summed E-state index contributed by atoms with van der Waals surface area (Å²) in [7, 11) is 0. The molecule has 0 radical (unpaired) electrons. The number of hydrogen-bond donors (Lipinski definition) is 1. The summed E-state index contributed by atoms with van der Waals surface area (Å²) in [5.74, 6) is 0.293. The number of aryl methyl sites for hydroxylation is 1. The van der Waals surface area contributed by atoms with E-state index >= 15 is 0 Å². The van der Waals surface area contributed by atoms with Crippen LogP contribution in [0.1, 0.15) is 24.5 Å². The molecule has 0 bridgehead atoms. The van der Waals surface area contributed by atoms with E-state index in [9.17, 15) is 10.1 Å². The van der Waals surface area contributed by atoms with E-state index in [0.717, 1.165) is 33.5 Å². The van der Waals surface area contributed by atoms with E-state index in [4.69, 9.17) is 4.74 Å². The second-order valence-electron chi connectivity index (χ2n) is 6.03. The van der Waals surface area contributed by atoms with Crippen molar-refractivity contribution in [3.05, 3.63) is 59.2 Å². The zero-order valence-electron chi connectivity index (χ0n) is 15.2. The Hall–Kier alpha value is -3.17. The molecular formula is C21H19N3O2S. The van der Waals surface area contributed by atoms with E-state index in [0.29, 0.717) is 11.7 Å². The van der Waals surface area contributed by atoms with Gasteiger partial charge in [0.15, 0.2) is 5.13 Å². The lowest BCUT2D eigenvalue weighted by Crippen LogP contribution is -2.13. The van der Waals surface area contributed by atoms with Crippen LogP contribution in [0.3, 0.4) is 0 Å². The quantitative estimate of drug-likeness (QED) is 0.488. The highest BCUT2D eigenvalue weighted by Gasteiger charge is 2.12. The first-order chi connectivity index (χ1) is 13.1. The highest BCUT2D eigenvalue weighted by atomic mass is 32.1. The standard InChI is InChI=1S/C21H19N3O2S/c1-3-10-26-17-7-5-15(6-8-17)12-16(13-22)20(25)24-21-23-18-9-4-14(2)11-19(18)27-21/h4-9,11-12H,3,10H2,1-2H3,(H,23,24,25)/b16-12-. The fourth-order valence-corrected chi connectivity index (χ4v) is 3.40. The molecule has 1 amide bonds. The molecule has 0 spiro atoms. The number of carbonyl (C=O) groups is 1. The molecule has 1 N–H and O–H groups in total. The van der Waals surface area contributed by atoms with Crippen LogP contribution in [-0.4, -0.2) is 17.5 Å². The van der Waals surface area contributed by atoms with E-state index in [1.54, 1.807) is 6.08 Å². The second kappa shape index (κ2) is 8.47. The highest BCUT2D eigenvalue weighted by molar-refractivity contribution is 7.22. The minimum absolute atomic E-state index is 0.0210. The van der Waals surface area contributed by atoms with Crippen molar-refractivity contribution in [3.63, 3.8) is 0 Å². The zero-order chi connectivity index (χ0) is 19.2. The summed E-state index contributed by atoms with van der Waals surface area (Å²) in [6.07, 6.45) is 2.49. The van der Waals surface area contributed by atoms with Crippen LogP contribution in [0.4, 0.5) is 5.13 Å². The van der Waals surface area contributed by atoms with Gasteiger partial charge >= 0.3 is 0 Å². The van der Waals surface area contributed by atoms with Crippen molar-refractivity contribution < 1.29 is 9.53 Å². The maximum Gasteiger partial charge on any atom is 0.268 e. The molecule has 2 aromatic carbocycles. The van der Waals surface area contributed by atoms with Crippen LogP contribution in [0.5, 0.6) is 5.75 Å². The second-order valence-corrected chi connectivity index (χ2v) is 7.06. The SMILES string of the molecule is CCCOc1ccc(/C=C(/C#N)C(=O)Nc2nc3ccc(C)cc3s2)cc1. The van der Waals surface area contributed by atoms with Gasteiger partial charge in [0.1, 0.15) is 17.4 Å². The highest BCUT2D eigenvalue weighted by Crippen LogP contribution is 2.27. The molecule has 3 aromatic rings. The number of nitriles is 1. The number of thiazole rings is 1. The topological polar surface area (TPSA) is 75.0 Å². The van der Waals surface area contributed by atoms with Crippen LogP contribution in [-0.2, 0) is 4.79 Å². The first kappa shape index (κ1) is 18.6. The molecule has 136 valence electrons. The molecule has 0 aliphatic carbocycles. The third-order valence-corrected chi connectivity index (χ3v) is 4.73. The lowest BCUT2D eigenvalue weighted by Gasteiger charge is -2.04. The summed E-state index contributed by atoms with van der Waals surface area (Å²) >= 11 is 1.39. The van der Waals surface area contributed by atoms with Crippen LogP contribution in [0, 0.1) is 18.3 Å². The van der Waals surface area contributed by atoms with Crippen molar-refractivity contribution in [2.24, 2.45) is 0 Å². The number of ether oxygens (including phenoxy) is 1. The lowest BCUT2D eigenvalue weighted by atomic mass is 10.1. The summed E-state index contributed by atoms with van der Waals surface area (Å²) in [5.41, 5.74) is 2.73. The van der Waals surface area contributed by atoms with Gasteiger partial charge in [-0.2, -0.15) is 5.26 Å². The van der Waals surface area contributed by atoms with Crippen LogP contribution in [0.15, 0.2) is 48.0 Å². The molecule has 0 atom stereocenters. The fraction of sp³-hybridized carbons (Fsp3) is 0.190. The van der Waals surface area contributed by atoms with Gasteiger partial charge in [-0.25, -0.2) is 4.98 Å². The van der Waals surface area contributed by atoms with Crippen molar-refractivity contribution in [2.75, 3.05) is 11.9 Å². The third-order valence-electron chi connectivity index (χ3n) is 3.79. The van der Waals surface area contributed by atoms with Crippen molar-refractivity contribution in [2.45, 2.75) is 20.3 Å². The molecule has 0 aliphatic heterocycles. The number of nitrogens with zero attached hydrogens (tertiary/aromatic N) is 2. The Morgan fingerprint density at radius 3 is 2.78 bits per heavy atom. The molecule has 1 heterocycles. The monoisotopic (exact) mass is 377 g/mol. The van der Waals surface area contributed by atoms with Gasteiger partial charge in [0.05, 0.1) is 16.8 Å². The number of carbonyl (C=O) groups excluding carboxylic acids is 1. The maximum atomic E-state index is 12.4. The Labute approximate surface area is 161 Å². The molecular weight excluding hydrogens is 358 g/mol. The summed E-state index contributed by atoms with van der Waals surface area (Å²) in [5, 5.41) is 12.6. The Morgan fingerprint density at radius 2 is 2.07 bits per heavy atom. The smallest absolute Gasteiger partial charge is 0.268 e. The fourth-order valence-electron chi connectivity index (χ4n) is 2.45. The molecule has 0 saturated heterocycles. The normalized spacial score (nSPS) is 11.2. The molecule has 5 nitrogen and oxygen atoms in total. The Balaban J connectivity index is 1.74. The number of aromatic nitrogens is 1. The van der Waals surface area contributed by atoms with E-state index in [1.807, 2.05) is 62.4 Å². The minimum Gasteiger partial charge on any atom is -0.494 e. The van der Waals surface area contributed by atoms with Gasteiger partial charge in [-0.3, -0.25) is 10.1 Å². The lowest BCUT2D eigenvalue weighted by molar-refractivity contribution is -0.112. The number of fused-ring (bicyclic) bond motifs is 1. The molecule has 1 aromatic heterocycles. The first-order valence-corrected chi connectivity index (χ1v) is 9.44. The van der Waals surface area contributed by atoms with Crippen molar-refractivity contribution in [3.8, 4) is 11.8 Å². The maximum absolute atomic E-state index is 12.4. The Morgan fingerprint density at radius 1 is 1.30 bits per heavy atom. The van der Waals surface area contributed by atoms with Gasteiger partial charge in [0.2, 0.25) is 0 Å². The number of amides is 1. The van der Waals surface area contributed by atoms with Crippen LogP contribution < -0.4 is 10.1 Å². The van der Waals surface area contributed by atoms with Gasteiger partial charge in [-0.15, -0.1) is 0 Å². The molecule has 6 heteroatoms. The number of rotatable bonds is 6. The average molecular weight is 377 g/mol. The van der Waals surface area contributed by atoms with Gasteiger partial charge in [0, 0.05) is 0 Å². The van der Waals surface area contributed by atoms with Gasteiger partial charge in [0.25, 0.3) is 5.91 Å². The minimum atomic E-state index is -0.473. The molecule has 0 unspecified atom stereocenters. The molecule has 0 saturated carbocycles. The van der Waals surface area contributed by atoms with Gasteiger partial charge in [-0.05, 0) is 54.8 Å². The predicted octanol–water partition coefficient (Wildman–Crippen LogP) is 4.94. The van der Waals surface area contributed by atoms with E-state index < -0.39 is 5.91 Å². The summed E-state index contributed by atoms with van der Waals surface area (Å²) in [6, 6.07) is 15.1. The van der Waals surface area contributed by atoms with Crippen molar-refractivity contribution >= 4 is 38.7 Å². The van der Waals surface area contributed by atoms with Crippen LogP contribution >= 0.6 is 11.3 Å². The summed E-state index contributed by atoms with van der Waals surface area (Å²) in [6.45, 7) is 4.71. The van der Waals surface area contributed by atoms with Crippen molar-refractivity contribution in [1.29, 1.82) is 5.26 Å². The van der Waals surface area contributed by atoms with E-state index in [1.165, 1.54) is 11.3 Å². The van der Waals surface area contributed by atoms with Gasteiger partial charge < -0.3 is 4.74 Å². The summed E-state index contributed by atoms with van der Waals surface area (Å²) < 4.78 is 6.53. The molecule has 3 rings (SSSR count). The summed E-state index contributed by atoms with van der Waals surface area (Å²) in [4.78, 5) is 16.8. The number of nitrogens with one attached hydrogen (secondary N) is 1. The van der Waals surface area contributed by atoms with Gasteiger partial charge in [-0.1, -0.05) is 36.5 Å². The molecule has 0 aliphatic rings.